The predicted molar refractivity (Wildman–Crippen MR) is 84.4 cm³/mol. The van der Waals surface area contributed by atoms with Crippen molar-refractivity contribution in [2.45, 2.75) is 52.6 Å². The average Bonchev–Trinajstić information content (AvgIpc) is 2.43. The van der Waals surface area contributed by atoms with Gasteiger partial charge in [-0.1, -0.05) is 19.9 Å². The molecule has 0 heterocycles. The molecule has 120 valence electrons. The number of hydrogen-bond acceptors (Lipinski definition) is 2. The van der Waals surface area contributed by atoms with Gasteiger partial charge in [0.15, 0.2) is 0 Å². The van der Waals surface area contributed by atoms with Crippen molar-refractivity contribution >= 4 is 0 Å². The summed E-state index contributed by atoms with van der Waals surface area (Å²) in [6.45, 7) is 11.4. The monoisotopic (exact) mass is 298 g/mol. The van der Waals surface area contributed by atoms with Crippen molar-refractivity contribution in [1.82, 2.24) is 10.2 Å². The molecule has 0 aliphatic carbocycles. The lowest BCUT2D eigenvalue weighted by molar-refractivity contribution is 0.288. The number of hydrogen-bond donors (Lipinski definition) is 1. The third-order valence-corrected chi connectivity index (χ3v) is 3.97. The first-order valence-corrected chi connectivity index (χ1v) is 7.91. The Kier molecular flexibility index (Phi) is 7.83. The van der Waals surface area contributed by atoms with Gasteiger partial charge in [-0.05, 0) is 58.5 Å². The Morgan fingerprint density at radius 2 is 1.67 bits per heavy atom. The molecule has 0 aliphatic heterocycles. The highest BCUT2D eigenvalue weighted by Gasteiger charge is 2.17. The molecule has 0 saturated carbocycles. The molecule has 0 amide bonds. The first kappa shape index (κ1) is 18.1. The van der Waals surface area contributed by atoms with Crippen LogP contribution < -0.4 is 5.32 Å². The molecule has 4 heteroatoms. The van der Waals surface area contributed by atoms with Gasteiger partial charge in [0.2, 0.25) is 0 Å². The summed E-state index contributed by atoms with van der Waals surface area (Å²) < 4.78 is 27.4. The van der Waals surface area contributed by atoms with Crippen LogP contribution in [0, 0.1) is 11.6 Å². The van der Waals surface area contributed by atoms with E-state index in [4.69, 9.17) is 0 Å². The Hall–Kier alpha value is -1.00. The minimum atomic E-state index is -0.481. The van der Waals surface area contributed by atoms with Crippen LogP contribution in [0.3, 0.4) is 0 Å². The van der Waals surface area contributed by atoms with Gasteiger partial charge in [0.1, 0.15) is 11.6 Å². The van der Waals surface area contributed by atoms with E-state index in [9.17, 15) is 8.78 Å². The van der Waals surface area contributed by atoms with Crippen LogP contribution in [0.1, 0.15) is 52.1 Å². The van der Waals surface area contributed by atoms with Crippen LogP contribution in [0.4, 0.5) is 8.78 Å². The minimum absolute atomic E-state index is 0.132. The second-order valence-corrected chi connectivity index (χ2v) is 5.59. The number of benzene rings is 1. The molecule has 1 aromatic rings. The molecular weight excluding hydrogens is 270 g/mol. The van der Waals surface area contributed by atoms with Gasteiger partial charge in [0.25, 0.3) is 0 Å². The van der Waals surface area contributed by atoms with Gasteiger partial charge in [0.05, 0.1) is 0 Å². The van der Waals surface area contributed by atoms with Crippen LogP contribution in [0.15, 0.2) is 18.2 Å². The van der Waals surface area contributed by atoms with E-state index >= 15 is 0 Å². The molecule has 1 aromatic carbocycles. The van der Waals surface area contributed by atoms with Crippen LogP contribution in [-0.4, -0.2) is 30.6 Å². The average molecular weight is 298 g/mol. The normalized spacial score (nSPS) is 14.4. The van der Waals surface area contributed by atoms with Crippen LogP contribution in [0.2, 0.25) is 0 Å². The number of halogens is 2. The van der Waals surface area contributed by atoms with Crippen LogP contribution in [-0.2, 0) is 0 Å². The predicted octanol–water partition coefficient (Wildman–Crippen LogP) is 4.13. The molecular formula is C17H28F2N2. The van der Waals surface area contributed by atoms with E-state index in [2.05, 4.69) is 31.0 Å². The molecule has 1 N–H and O–H groups in total. The Bertz CT molecular complexity index is 399. The minimum Gasteiger partial charge on any atom is -0.307 e. The van der Waals surface area contributed by atoms with E-state index in [1.807, 2.05) is 6.92 Å². The Labute approximate surface area is 127 Å². The number of rotatable bonds is 9. The van der Waals surface area contributed by atoms with Crippen molar-refractivity contribution < 1.29 is 8.78 Å². The van der Waals surface area contributed by atoms with E-state index in [0.717, 1.165) is 32.5 Å². The lowest BCUT2D eigenvalue weighted by Gasteiger charge is -2.23. The second-order valence-electron chi connectivity index (χ2n) is 5.59. The summed E-state index contributed by atoms with van der Waals surface area (Å²) in [7, 11) is 0. The van der Waals surface area contributed by atoms with Gasteiger partial charge in [-0.15, -0.1) is 0 Å². The Morgan fingerprint density at radius 1 is 1.10 bits per heavy atom. The van der Waals surface area contributed by atoms with Gasteiger partial charge < -0.3 is 10.2 Å². The molecule has 2 atom stereocenters. The molecule has 0 aromatic heterocycles. The molecule has 2 unspecified atom stereocenters. The van der Waals surface area contributed by atoms with E-state index in [-0.39, 0.29) is 17.6 Å². The van der Waals surface area contributed by atoms with Crippen LogP contribution in [0.5, 0.6) is 0 Å². The van der Waals surface area contributed by atoms with E-state index in [1.54, 1.807) is 0 Å². The lowest BCUT2D eigenvalue weighted by Crippen LogP contribution is -2.31. The van der Waals surface area contributed by atoms with Gasteiger partial charge in [-0.25, -0.2) is 8.78 Å². The summed E-state index contributed by atoms with van der Waals surface area (Å²) in [5.74, 6) is -0.962. The van der Waals surface area contributed by atoms with Crippen molar-refractivity contribution in [2.75, 3.05) is 19.6 Å². The van der Waals surface area contributed by atoms with Crippen LogP contribution >= 0.6 is 0 Å². The highest BCUT2D eigenvalue weighted by Crippen LogP contribution is 2.21. The van der Waals surface area contributed by atoms with Gasteiger partial charge in [-0.3, -0.25) is 0 Å². The molecule has 0 fully saturated rings. The SMILES string of the molecule is CCN(CC)CCCC(C)NC(C)c1c(F)cccc1F. The molecule has 0 saturated heterocycles. The van der Waals surface area contributed by atoms with Crippen molar-refractivity contribution in [3.05, 3.63) is 35.4 Å². The maximum absolute atomic E-state index is 13.7. The van der Waals surface area contributed by atoms with Crippen molar-refractivity contribution in [2.24, 2.45) is 0 Å². The standard InChI is InChI=1S/C17H28F2N2/c1-5-21(6-2)12-8-9-13(3)20-14(4)17-15(18)10-7-11-16(17)19/h7,10-11,13-14,20H,5-6,8-9,12H2,1-4H3. The lowest BCUT2D eigenvalue weighted by atomic mass is 10.0. The quantitative estimate of drug-likeness (QED) is 0.737. The summed E-state index contributed by atoms with van der Waals surface area (Å²) in [6.07, 6.45) is 2.08. The van der Waals surface area contributed by atoms with E-state index < -0.39 is 11.6 Å². The summed E-state index contributed by atoms with van der Waals surface area (Å²) >= 11 is 0. The van der Waals surface area contributed by atoms with Gasteiger partial charge in [0, 0.05) is 17.6 Å². The van der Waals surface area contributed by atoms with Crippen molar-refractivity contribution in [1.29, 1.82) is 0 Å². The fourth-order valence-electron chi connectivity index (χ4n) is 2.68. The largest absolute Gasteiger partial charge is 0.307 e. The maximum atomic E-state index is 13.7. The summed E-state index contributed by atoms with van der Waals surface area (Å²) in [5.41, 5.74) is 0.132. The maximum Gasteiger partial charge on any atom is 0.130 e. The summed E-state index contributed by atoms with van der Waals surface area (Å²) in [6, 6.07) is 3.92. The fraction of sp³-hybridized carbons (Fsp3) is 0.647. The van der Waals surface area contributed by atoms with Gasteiger partial charge >= 0.3 is 0 Å². The molecule has 1 rings (SSSR count). The molecule has 21 heavy (non-hydrogen) atoms. The Morgan fingerprint density at radius 3 is 2.19 bits per heavy atom. The summed E-state index contributed by atoms with van der Waals surface area (Å²) in [5, 5.41) is 3.29. The van der Waals surface area contributed by atoms with Gasteiger partial charge in [-0.2, -0.15) is 0 Å². The summed E-state index contributed by atoms with van der Waals surface area (Å²) in [4.78, 5) is 2.38. The third kappa shape index (κ3) is 5.71. The highest BCUT2D eigenvalue weighted by atomic mass is 19.1. The smallest absolute Gasteiger partial charge is 0.130 e. The van der Waals surface area contributed by atoms with E-state index in [1.165, 1.54) is 18.2 Å². The zero-order valence-electron chi connectivity index (χ0n) is 13.6. The first-order valence-electron chi connectivity index (χ1n) is 7.91. The van der Waals surface area contributed by atoms with Crippen molar-refractivity contribution in [3.8, 4) is 0 Å². The number of nitrogens with one attached hydrogen (secondary N) is 1. The van der Waals surface area contributed by atoms with Crippen LogP contribution in [0.25, 0.3) is 0 Å². The topological polar surface area (TPSA) is 15.3 Å². The number of nitrogens with zero attached hydrogens (tertiary/aromatic N) is 1. The molecule has 0 bridgehead atoms. The first-order chi connectivity index (χ1) is 9.99. The molecule has 2 nitrogen and oxygen atoms in total. The third-order valence-electron chi connectivity index (χ3n) is 3.97. The zero-order valence-corrected chi connectivity index (χ0v) is 13.6. The van der Waals surface area contributed by atoms with E-state index in [0.29, 0.717) is 0 Å². The Balaban J connectivity index is 2.45. The molecule has 0 spiro atoms. The zero-order chi connectivity index (χ0) is 15.8. The fourth-order valence-corrected chi connectivity index (χ4v) is 2.68. The molecule has 0 aliphatic rings. The second kappa shape index (κ2) is 9.11. The highest BCUT2D eigenvalue weighted by molar-refractivity contribution is 5.22. The van der Waals surface area contributed by atoms with Crippen molar-refractivity contribution in [3.63, 3.8) is 0 Å². The molecule has 0 radical (unpaired) electrons.